The summed E-state index contributed by atoms with van der Waals surface area (Å²) in [6.45, 7) is 5.87. The summed E-state index contributed by atoms with van der Waals surface area (Å²) in [7, 11) is 0. The Kier molecular flexibility index (Phi) is 3.62. The molecule has 1 aliphatic rings. The highest BCUT2D eigenvalue weighted by Crippen LogP contribution is 2.28. The Morgan fingerprint density at radius 2 is 1.94 bits per heavy atom. The zero-order chi connectivity index (χ0) is 11.5. The zero-order valence-electron chi connectivity index (χ0n) is 10.3. The molecule has 1 aliphatic heterocycles. The van der Waals surface area contributed by atoms with E-state index in [0.717, 1.165) is 25.9 Å². The number of aryl methyl sites for hydroxylation is 2. The van der Waals surface area contributed by atoms with Gasteiger partial charge in [0.25, 0.3) is 0 Å². The first-order chi connectivity index (χ1) is 7.77. The van der Waals surface area contributed by atoms with Crippen LogP contribution in [0.5, 0.6) is 0 Å². The molecule has 1 unspecified atom stereocenters. The Hall–Kier alpha value is -0.860. The van der Waals surface area contributed by atoms with Crippen LogP contribution in [0.15, 0.2) is 12.1 Å². The van der Waals surface area contributed by atoms with Crippen molar-refractivity contribution >= 4 is 0 Å². The minimum atomic E-state index is 0.0546. The van der Waals surface area contributed by atoms with Crippen LogP contribution in [0.3, 0.4) is 0 Å². The van der Waals surface area contributed by atoms with Crippen LogP contribution in [-0.2, 0) is 24.0 Å². The van der Waals surface area contributed by atoms with Gasteiger partial charge in [-0.1, -0.05) is 26.0 Å². The highest BCUT2D eigenvalue weighted by atomic mass is 16.5. The molecular formula is C14H21NO. The van der Waals surface area contributed by atoms with Gasteiger partial charge < -0.3 is 10.5 Å². The van der Waals surface area contributed by atoms with Crippen LogP contribution in [0, 0.1) is 0 Å². The van der Waals surface area contributed by atoms with Crippen molar-refractivity contribution in [3.63, 3.8) is 0 Å². The number of ether oxygens (including phenoxy) is 1. The molecule has 1 heterocycles. The fourth-order valence-electron chi connectivity index (χ4n) is 2.62. The van der Waals surface area contributed by atoms with Crippen LogP contribution in [0.1, 0.15) is 42.1 Å². The zero-order valence-corrected chi connectivity index (χ0v) is 10.3. The van der Waals surface area contributed by atoms with Crippen molar-refractivity contribution in [2.24, 2.45) is 5.73 Å². The van der Waals surface area contributed by atoms with Crippen molar-refractivity contribution in [2.75, 3.05) is 13.2 Å². The van der Waals surface area contributed by atoms with E-state index >= 15 is 0 Å². The van der Waals surface area contributed by atoms with Gasteiger partial charge in [0.05, 0.1) is 19.3 Å². The van der Waals surface area contributed by atoms with Crippen molar-refractivity contribution in [3.05, 3.63) is 34.4 Å². The molecule has 0 aromatic heterocycles. The highest BCUT2D eigenvalue weighted by molar-refractivity contribution is 5.44. The lowest BCUT2D eigenvalue weighted by Crippen LogP contribution is -2.18. The van der Waals surface area contributed by atoms with Gasteiger partial charge >= 0.3 is 0 Å². The normalized spacial score (nSPS) is 20.3. The fraction of sp³-hybridized carbons (Fsp3) is 0.571. The molecule has 16 heavy (non-hydrogen) atoms. The summed E-state index contributed by atoms with van der Waals surface area (Å²) in [6.07, 6.45) is 3.15. The molecule has 0 bridgehead atoms. The molecule has 0 amide bonds. The summed E-state index contributed by atoms with van der Waals surface area (Å²) >= 11 is 0. The lowest BCUT2D eigenvalue weighted by molar-refractivity contribution is 0.131. The Balaban J connectivity index is 2.56. The number of hydrogen-bond acceptors (Lipinski definition) is 2. The number of benzene rings is 1. The van der Waals surface area contributed by atoms with Gasteiger partial charge in [0, 0.05) is 0 Å². The standard InChI is InChI=1S/C14H21NO/c1-3-10-5-6-11(4-2)14-12(10)7-8-16-9-13(14)15/h5-6,13H,3-4,7-9,15H2,1-2H3. The molecule has 2 heteroatoms. The third-order valence-electron chi connectivity index (χ3n) is 3.47. The minimum Gasteiger partial charge on any atom is -0.379 e. The highest BCUT2D eigenvalue weighted by Gasteiger charge is 2.20. The van der Waals surface area contributed by atoms with Crippen molar-refractivity contribution in [1.29, 1.82) is 0 Å². The van der Waals surface area contributed by atoms with E-state index in [2.05, 4.69) is 26.0 Å². The van der Waals surface area contributed by atoms with Gasteiger partial charge in [-0.2, -0.15) is 0 Å². The Morgan fingerprint density at radius 3 is 2.62 bits per heavy atom. The van der Waals surface area contributed by atoms with E-state index in [1.807, 2.05) is 0 Å². The summed E-state index contributed by atoms with van der Waals surface area (Å²) in [5.41, 5.74) is 11.9. The second-order valence-electron chi connectivity index (χ2n) is 4.41. The maximum absolute atomic E-state index is 6.22. The third-order valence-corrected chi connectivity index (χ3v) is 3.47. The summed E-state index contributed by atoms with van der Waals surface area (Å²) in [5, 5.41) is 0. The monoisotopic (exact) mass is 219 g/mol. The Morgan fingerprint density at radius 1 is 1.25 bits per heavy atom. The van der Waals surface area contributed by atoms with E-state index in [1.165, 1.54) is 22.3 Å². The molecular weight excluding hydrogens is 198 g/mol. The molecule has 2 nitrogen and oxygen atoms in total. The molecule has 0 saturated carbocycles. The minimum absolute atomic E-state index is 0.0546. The van der Waals surface area contributed by atoms with E-state index < -0.39 is 0 Å². The summed E-state index contributed by atoms with van der Waals surface area (Å²) < 4.78 is 5.56. The first kappa shape index (κ1) is 11.6. The van der Waals surface area contributed by atoms with Crippen molar-refractivity contribution in [2.45, 2.75) is 39.2 Å². The van der Waals surface area contributed by atoms with Gasteiger partial charge in [0.2, 0.25) is 0 Å². The molecule has 1 atom stereocenters. The van der Waals surface area contributed by atoms with E-state index in [4.69, 9.17) is 10.5 Å². The maximum Gasteiger partial charge on any atom is 0.0659 e. The van der Waals surface area contributed by atoms with Crippen LogP contribution >= 0.6 is 0 Å². The smallest absolute Gasteiger partial charge is 0.0659 e. The topological polar surface area (TPSA) is 35.2 Å². The van der Waals surface area contributed by atoms with Gasteiger partial charge in [-0.3, -0.25) is 0 Å². The van der Waals surface area contributed by atoms with Crippen molar-refractivity contribution < 1.29 is 4.74 Å². The predicted molar refractivity (Wildman–Crippen MR) is 66.6 cm³/mol. The number of hydrogen-bond donors (Lipinski definition) is 1. The second-order valence-corrected chi connectivity index (χ2v) is 4.41. The average molecular weight is 219 g/mol. The second kappa shape index (κ2) is 4.98. The van der Waals surface area contributed by atoms with E-state index in [-0.39, 0.29) is 6.04 Å². The molecule has 88 valence electrons. The van der Waals surface area contributed by atoms with Gasteiger partial charge in [-0.25, -0.2) is 0 Å². The number of nitrogens with two attached hydrogens (primary N) is 1. The average Bonchev–Trinajstić information content (AvgIpc) is 2.51. The lowest BCUT2D eigenvalue weighted by atomic mass is 9.88. The van der Waals surface area contributed by atoms with Crippen molar-refractivity contribution in [3.8, 4) is 0 Å². The van der Waals surface area contributed by atoms with Crippen LogP contribution in [0.25, 0.3) is 0 Å². The first-order valence-corrected chi connectivity index (χ1v) is 6.24. The summed E-state index contributed by atoms with van der Waals surface area (Å²) in [6, 6.07) is 4.55. The molecule has 1 aromatic rings. The molecule has 0 saturated heterocycles. The van der Waals surface area contributed by atoms with Crippen LogP contribution < -0.4 is 5.73 Å². The van der Waals surface area contributed by atoms with Crippen LogP contribution in [0.2, 0.25) is 0 Å². The van der Waals surface area contributed by atoms with Crippen molar-refractivity contribution in [1.82, 2.24) is 0 Å². The van der Waals surface area contributed by atoms with Crippen LogP contribution in [0.4, 0.5) is 0 Å². The molecule has 1 aromatic carbocycles. The molecule has 2 rings (SSSR count). The van der Waals surface area contributed by atoms with Gasteiger partial charge in [-0.15, -0.1) is 0 Å². The summed E-state index contributed by atoms with van der Waals surface area (Å²) in [4.78, 5) is 0. The number of fused-ring (bicyclic) bond motifs is 1. The molecule has 0 spiro atoms. The molecule has 0 aliphatic carbocycles. The van der Waals surface area contributed by atoms with E-state index in [0.29, 0.717) is 6.61 Å². The fourth-order valence-corrected chi connectivity index (χ4v) is 2.62. The van der Waals surface area contributed by atoms with Gasteiger partial charge in [0.15, 0.2) is 0 Å². The number of rotatable bonds is 2. The van der Waals surface area contributed by atoms with Gasteiger partial charge in [0.1, 0.15) is 0 Å². The summed E-state index contributed by atoms with van der Waals surface area (Å²) in [5.74, 6) is 0. The third kappa shape index (κ3) is 2.00. The molecule has 0 radical (unpaired) electrons. The largest absolute Gasteiger partial charge is 0.379 e. The van der Waals surface area contributed by atoms with Crippen LogP contribution in [-0.4, -0.2) is 13.2 Å². The van der Waals surface area contributed by atoms with E-state index in [1.54, 1.807) is 0 Å². The maximum atomic E-state index is 6.22. The SMILES string of the molecule is CCc1ccc(CC)c2c1CCOCC2N. The first-order valence-electron chi connectivity index (χ1n) is 6.24. The Labute approximate surface area is 97.8 Å². The van der Waals surface area contributed by atoms with Gasteiger partial charge in [-0.05, 0) is 41.5 Å². The molecule has 2 N–H and O–H groups in total. The predicted octanol–water partition coefficient (Wildman–Crippen LogP) is 2.38. The quantitative estimate of drug-likeness (QED) is 0.829. The molecule has 0 fully saturated rings. The lowest BCUT2D eigenvalue weighted by Gasteiger charge is -2.19. The van der Waals surface area contributed by atoms with E-state index in [9.17, 15) is 0 Å². The Bertz CT molecular complexity index is 373.